The Bertz CT molecular complexity index is 991. The lowest BCUT2D eigenvalue weighted by atomic mass is 10.2. The Balaban J connectivity index is 1.62. The van der Waals surface area contributed by atoms with E-state index < -0.39 is 0 Å². The maximum Gasteiger partial charge on any atom is 0.322 e. The van der Waals surface area contributed by atoms with Crippen LogP contribution in [0.25, 0.3) is 0 Å². The van der Waals surface area contributed by atoms with Crippen LogP contribution in [0.1, 0.15) is 20.8 Å². The van der Waals surface area contributed by atoms with E-state index in [1.54, 1.807) is 40.1 Å². The van der Waals surface area contributed by atoms with Gasteiger partial charge in [-0.25, -0.2) is 14.8 Å². The Morgan fingerprint density at radius 1 is 1.18 bits per heavy atom. The normalized spacial score (nSPS) is 16.0. The number of carbonyl (C=O) groups excluding carboxylic acids is 2. The van der Waals surface area contributed by atoms with Gasteiger partial charge < -0.3 is 20.0 Å². The van der Waals surface area contributed by atoms with Gasteiger partial charge in [0.05, 0.1) is 5.75 Å². The summed E-state index contributed by atoms with van der Waals surface area (Å²) in [7, 11) is 0. The number of hydrogen-bond acceptors (Lipinski definition) is 6. The number of aromatic nitrogens is 2. The minimum atomic E-state index is -0.170. The average molecular weight is 511 g/mol. The van der Waals surface area contributed by atoms with Crippen LogP contribution in [0, 0.1) is 0 Å². The van der Waals surface area contributed by atoms with Crippen molar-refractivity contribution in [2.45, 2.75) is 32.0 Å². The summed E-state index contributed by atoms with van der Waals surface area (Å²) >= 11 is 13.5. The molecule has 0 unspecified atom stereocenters. The number of benzene rings is 1. The molecular formula is C22H28Cl2N6O2S. The van der Waals surface area contributed by atoms with Gasteiger partial charge in [-0.1, -0.05) is 41.0 Å². The van der Waals surface area contributed by atoms with Gasteiger partial charge in [0.2, 0.25) is 5.91 Å². The van der Waals surface area contributed by atoms with E-state index in [1.807, 2.05) is 20.8 Å². The predicted octanol–water partition coefficient (Wildman–Crippen LogP) is 4.49. The third kappa shape index (κ3) is 6.88. The minimum Gasteiger partial charge on any atom is -0.353 e. The van der Waals surface area contributed by atoms with Crippen molar-refractivity contribution in [1.82, 2.24) is 19.8 Å². The molecule has 2 aromatic rings. The molecule has 1 aliphatic rings. The highest BCUT2D eigenvalue weighted by atomic mass is 35.5. The fourth-order valence-corrected chi connectivity index (χ4v) is 4.81. The summed E-state index contributed by atoms with van der Waals surface area (Å²) in [6, 6.07) is 8.57. The zero-order chi connectivity index (χ0) is 24.0. The lowest BCUT2D eigenvalue weighted by molar-refractivity contribution is -0.127. The second-order valence-electron chi connectivity index (χ2n) is 7.62. The van der Waals surface area contributed by atoms with Gasteiger partial charge in [-0.05, 0) is 39.0 Å². The van der Waals surface area contributed by atoms with Crippen molar-refractivity contribution < 1.29 is 9.59 Å². The molecule has 1 aromatic heterocycles. The molecule has 0 aliphatic carbocycles. The van der Waals surface area contributed by atoms with Crippen LogP contribution in [0.15, 0.2) is 35.5 Å². The Morgan fingerprint density at radius 3 is 2.61 bits per heavy atom. The predicted molar refractivity (Wildman–Crippen MR) is 135 cm³/mol. The number of rotatable bonds is 7. The van der Waals surface area contributed by atoms with Crippen molar-refractivity contribution >= 4 is 58.4 Å². The number of thioether (sulfide) groups is 1. The number of amides is 3. The van der Waals surface area contributed by atoms with Gasteiger partial charge in [0.15, 0.2) is 5.16 Å². The molecular weight excluding hydrogens is 483 g/mol. The summed E-state index contributed by atoms with van der Waals surface area (Å²) in [6.45, 7) is 8.96. The van der Waals surface area contributed by atoms with Crippen molar-refractivity contribution in [3.63, 3.8) is 0 Å². The van der Waals surface area contributed by atoms with Gasteiger partial charge in [0.25, 0.3) is 0 Å². The number of anilines is 2. The van der Waals surface area contributed by atoms with E-state index in [1.165, 1.54) is 11.8 Å². The molecule has 178 valence electrons. The maximum atomic E-state index is 12.8. The molecule has 2 heterocycles. The molecule has 1 N–H and O–H groups in total. The number of nitrogens with one attached hydrogen (secondary N) is 1. The van der Waals surface area contributed by atoms with Crippen molar-refractivity contribution in [2.75, 3.05) is 48.7 Å². The largest absolute Gasteiger partial charge is 0.353 e. The summed E-state index contributed by atoms with van der Waals surface area (Å²) in [4.78, 5) is 39.6. The van der Waals surface area contributed by atoms with Crippen molar-refractivity contribution in [2.24, 2.45) is 0 Å². The zero-order valence-electron chi connectivity index (χ0n) is 18.9. The molecule has 33 heavy (non-hydrogen) atoms. The lowest BCUT2D eigenvalue weighted by Crippen LogP contribution is -2.55. The van der Waals surface area contributed by atoms with E-state index in [0.29, 0.717) is 59.6 Å². The van der Waals surface area contributed by atoms with Crippen molar-refractivity contribution in [3.8, 4) is 0 Å². The third-order valence-corrected chi connectivity index (χ3v) is 6.65. The van der Waals surface area contributed by atoms with Gasteiger partial charge in [-0.15, -0.1) is 0 Å². The number of hydrogen-bond donors (Lipinski definition) is 1. The van der Waals surface area contributed by atoms with Crippen LogP contribution in [0.3, 0.4) is 0 Å². The number of halogens is 2. The van der Waals surface area contributed by atoms with E-state index in [4.69, 9.17) is 23.2 Å². The van der Waals surface area contributed by atoms with E-state index in [-0.39, 0.29) is 23.7 Å². The molecule has 8 nitrogen and oxygen atoms in total. The molecule has 0 bridgehead atoms. The first-order valence-corrected chi connectivity index (χ1v) is 12.6. The van der Waals surface area contributed by atoms with Crippen LogP contribution in [-0.2, 0) is 4.79 Å². The summed E-state index contributed by atoms with van der Waals surface area (Å²) in [6.07, 6.45) is 0. The molecule has 1 fully saturated rings. The lowest BCUT2D eigenvalue weighted by Gasteiger charge is -2.40. The Labute approximate surface area is 208 Å². The minimum absolute atomic E-state index is 0.0445. The van der Waals surface area contributed by atoms with E-state index >= 15 is 0 Å². The van der Waals surface area contributed by atoms with Crippen LogP contribution in [0.2, 0.25) is 10.2 Å². The van der Waals surface area contributed by atoms with E-state index in [2.05, 4.69) is 20.2 Å². The molecule has 11 heteroatoms. The van der Waals surface area contributed by atoms with Crippen LogP contribution < -0.4 is 10.2 Å². The molecule has 1 aliphatic heterocycles. The van der Waals surface area contributed by atoms with Gasteiger partial charge >= 0.3 is 6.03 Å². The van der Waals surface area contributed by atoms with Crippen molar-refractivity contribution in [3.05, 3.63) is 40.5 Å². The van der Waals surface area contributed by atoms with Crippen LogP contribution >= 0.6 is 35.0 Å². The highest BCUT2D eigenvalue weighted by Crippen LogP contribution is 2.25. The van der Waals surface area contributed by atoms with Gasteiger partial charge in [0.1, 0.15) is 11.0 Å². The molecule has 0 radical (unpaired) electrons. The Kier molecular flexibility index (Phi) is 9.05. The molecule has 1 saturated heterocycles. The van der Waals surface area contributed by atoms with Gasteiger partial charge in [-0.3, -0.25) is 4.79 Å². The fourth-order valence-electron chi connectivity index (χ4n) is 3.63. The molecule has 3 amide bonds. The quantitative estimate of drug-likeness (QED) is 0.335. The summed E-state index contributed by atoms with van der Waals surface area (Å²) in [5.74, 6) is 0.993. The fraction of sp³-hybridized carbons (Fsp3) is 0.455. The topological polar surface area (TPSA) is 81.7 Å². The molecule has 1 atom stereocenters. The van der Waals surface area contributed by atoms with E-state index in [9.17, 15) is 9.59 Å². The average Bonchev–Trinajstić information content (AvgIpc) is 2.78. The standard InChI is InChI=1S/C22H28Cl2N6O2S/c1-4-28(5-2)20(31)14-33-21-26-18(24)12-19(27-21)29-9-10-30(15(3)13-29)22(32)25-17-8-6-7-16(23)11-17/h6-8,11-12,15H,4-5,9-10,13-14H2,1-3H3,(H,25,32)/t15-/m0/s1. The number of nitrogens with zero attached hydrogens (tertiary/aromatic N) is 5. The molecule has 3 rings (SSSR count). The van der Waals surface area contributed by atoms with Gasteiger partial charge in [-0.2, -0.15) is 0 Å². The zero-order valence-corrected chi connectivity index (χ0v) is 21.3. The Morgan fingerprint density at radius 2 is 1.94 bits per heavy atom. The second-order valence-corrected chi connectivity index (χ2v) is 9.38. The van der Waals surface area contributed by atoms with Gasteiger partial charge in [0, 0.05) is 55.5 Å². The molecule has 0 spiro atoms. The highest BCUT2D eigenvalue weighted by molar-refractivity contribution is 7.99. The summed E-state index contributed by atoms with van der Waals surface area (Å²) in [5.41, 5.74) is 0.658. The highest BCUT2D eigenvalue weighted by Gasteiger charge is 2.28. The first-order chi connectivity index (χ1) is 15.8. The van der Waals surface area contributed by atoms with Crippen molar-refractivity contribution in [1.29, 1.82) is 0 Å². The van der Waals surface area contributed by atoms with Crippen LogP contribution in [0.5, 0.6) is 0 Å². The number of carbonyl (C=O) groups is 2. The first-order valence-electron chi connectivity index (χ1n) is 10.8. The molecule has 0 saturated carbocycles. The maximum absolute atomic E-state index is 12.8. The summed E-state index contributed by atoms with van der Waals surface area (Å²) < 4.78 is 0. The first kappa shape index (κ1) is 25.4. The third-order valence-electron chi connectivity index (χ3n) is 5.39. The SMILES string of the molecule is CCN(CC)C(=O)CSc1nc(Cl)cc(N2CCN(C(=O)Nc3cccc(Cl)c3)[C@@H](C)C2)n1. The van der Waals surface area contributed by atoms with Crippen LogP contribution in [-0.4, -0.2) is 76.2 Å². The monoisotopic (exact) mass is 510 g/mol. The number of urea groups is 1. The Hall–Kier alpha value is -2.23. The molecule has 1 aromatic carbocycles. The second kappa shape index (κ2) is 11.8. The number of piperazine rings is 1. The van der Waals surface area contributed by atoms with Crippen LogP contribution in [0.4, 0.5) is 16.3 Å². The van der Waals surface area contributed by atoms with E-state index in [0.717, 1.165) is 0 Å². The smallest absolute Gasteiger partial charge is 0.322 e. The summed E-state index contributed by atoms with van der Waals surface area (Å²) in [5, 5.41) is 4.26.